The van der Waals surface area contributed by atoms with Crippen LogP contribution >= 0.6 is 0 Å². The number of amides is 1. The molecule has 1 heterocycles. The van der Waals surface area contributed by atoms with Gasteiger partial charge in [-0.25, -0.2) is 4.98 Å². The minimum absolute atomic E-state index is 0.170. The first-order valence-electron chi connectivity index (χ1n) is 4.56. The van der Waals surface area contributed by atoms with Crippen LogP contribution in [0.5, 0.6) is 0 Å². The van der Waals surface area contributed by atoms with Crippen LogP contribution in [0.15, 0.2) is 6.33 Å². The Morgan fingerprint density at radius 2 is 2.50 bits per heavy atom. The van der Waals surface area contributed by atoms with Gasteiger partial charge in [0.15, 0.2) is 0 Å². The van der Waals surface area contributed by atoms with Gasteiger partial charge in [0, 0.05) is 0 Å². The van der Waals surface area contributed by atoms with E-state index in [0.29, 0.717) is 12.2 Å². The van der Waals surface area contributed by atoms with Crippen LogP contribution in [0.25, 0.3) is 0 Å². The second-order valence-electron chi connectivity index (χ2n) is 3.12. The Balaban J connectivity index is 2.49. The molecule has 1 rings (SSSR count). The summed E-state index contributed by atoms with van der Waals surface area (Å²) in [5.41, 5.74) is 5.56. The van der Waals surface area contributed by atoms with Crippen molar-refractivity contribution in [3.8, 4) is 0 Å². The van der Waals surface area contributed by atoms with E-state index in [1.54, 1.807) is 0 Å². The molecule has 1 amide bonds. The Labute approximate surface area is 82.3 Å². The summed E-state index contributed by atoms with van der Waals surface area (Å²) in [7, 11) is 0. The van der Waals surface area contributed by atoms with Gasteiger partial charge in [-0.15, -0.1) is 0 Å². The largest absolute Gasteiger partial charge is 0.345 e. The lowest BCUT2D eigenvalue weighted by Gasteiger charge is -2.14. The second-order valence-corrected chi connectivity index (χ2v) is 3.12. The molecule has 0 radical (unpaired) electrons. The van der Waals surface area contributed by atoms with E-state index >= 15 is 0 Å². The van der Waals surface area contributed by atoms with Crippen molar-refractivity contribution < 1.29 is 4.79 Å². The summed E-state index contributed by atoms with van der Waals surface area (Å²) in [6, 6.07) is -0.650. The summed E-state index contributed by atoms with van der Waals surface area (Å²) in [6.45, 7) is 3.68. The molecule has 0 saturated carbocycles. The number of aromatic amines is 1. The van der Waals surface area contributed by atoms with E-state index < -0.39 is 6.04 Å². The SMILES string of the molecule is CCC(N)C(=O)NC(C)c1ncn[nH]1. The van der Waals surface area contributed by atoms with Crippen LogP contribution in [0.4, 0.5) is 0 Å². The van der Waals surface area contributed by atoms with Gasteiger partial charge >= 0.3 is 0 Å². The lowest BCUT2D eigenvalue weighted by Crippen LogP contribution is -2.41. The average Bonchev–Trinajstić information content (AvgIpc) is 2.69. The number of carbonyl (C=O) groups is 1. The summed E-state index contributed by atoms with van der Waals surface area (Å²) in [4.78, 5) is 15.3. The molecule has 0 aliphatic rings. The Kier molecular flexibility index (Phi) is 3.58. The molecule has 4 N–H and O–H groups in total. The number of nitrogens with zero attached hydrogens (tertiary/aromatic N) is 2. The molecule has 2 unspecified atom stereocenters. The molecule has 0 fully saturated rings. The number of hydrogen-bond acceptors (Lipinski definition) is 4. The summed E-state index contributed by atoms with van der Waals surface area (Å²) in [5, 5.41) is 9.11. The van der Waals surface area contributed by atoms with Gasteiger partial charge in [-0.2, -0.15) is 5.10 Å². The highest BCUT2D eigenvalue weighted by atomic mass is 16.2. The Morgan fingerprint density at radius 1 is 1.79 bits per heavy atom. The summed E-state index contributed by atoms with van der Waals surface area (Å²) < 4.78 is 0. The first-order valence-corrected chi connectivity index (χ1v) is 4.56. The van der Waals surface area contributed by atoms with Gasteiger partial charge in [0.2, 0.25) is 5.91 Å². The van der Waals surface area contributed by atoms with Gasteiger partial charge < -0.3 is 11.1 Å². The maximum absolute atomic E-state index is 11.4. The zero-order chi connectivity index (χ0) is 10.6. The van der Waals surface area contributed by atoms with Crippen molar-refractivity contribution >= 4 is 5.91 Å². The highest BCUT2D eigenvalue weighted by Gasteiger charge is 2.15. The molecule has 6 heteroatoms. The van der Waals surface area contributed by atoms with Crippen molar-refractivity contribution in [3.63, 3.8) is 0 Å². The molecule has 0 aliphatic carbocycles. The second kappa shape index (κ2) is 4.71. The lowest BCUT2D eigenvalue weighted by molar-refractivity contribution is -0.123. The van der Waals surface area contributed by atoms with Crippen LogP contribution < -0.4 is 11.1 Å². The highest BCUT2D eigenvalue weighted by Crippen LogP contribution is 2.04. The van der Waals surface area contributed by atoms with Crippen molar-refractivity contribution in [2.45, 2.75) is 32.4 Å². The van der Waals surface area contributed by atoms with Gasteiger partial charge in [-0.3, -0.25) is 9.89 Å². The minimum atomic E-state index is -0.458. The van der Waals surface area contributed by atoms with E-state index in [2.05, 4.69) is 20.5 Å². The third-order valence-electron chi connectivity index (χ3n) is 1.98. The monoisotopic (exact) mass is 197 g/mol. The molecular weight excluding hydrogens is 182 g/mol. The summed E-state index contributed by atoms with van der Waals surface area (Å²) in [6.07, 6.45) is 2.02. The van der Waals surface area contributed by atoms with Crippen molar-refractivity contribution in [1.29, 1.82) is 0 Å². The van der Waals surface area contributed by atoms with Crippen LogP contribution in [-0.4, -0.2) is 27.1 Å². The van der Waals surface area contributed by atoms with Crippen LogP contribution in [0.1, 0.15) is 32.1 Å². The molecule has 14 heavy (non-hydrogen) atoms. The number of nitrogens with one attached hydrogen (secondary N) is 2. The Hall–Kier alpha value is -1.43. The number of aromatic nitrogens is 3. The Bertz CT molecular complexity index is 284. The molecule has 2 atom stereocenters. The fourth-order valence-corrected chi connectivity index (χ4v) is 0.998. The number of rotatable bonds is 4. The number of H-pyrrole nitrogens is 1. The molecule has 78 valence electrons. The van der Waals surface area contributed by atoms with E-state index in [9.17, 15) is 4.79 Å². The molecule has 0 spiro atoms. The Morgan fingerprint density at radius 3 is 3.00 bits per heavy atom. The van der Waals surface area contributed by atoms with Gasteiger partial charge in [-0.1, -0.05) is 6.92 Å². The predicted molar refractivity (Wildman–Crippen MR) is 51.2 cm³/mol. The smallest absolute Gasteiger partial charge is 0.237 e. The molecule has 6 nitrogen and oxygen atoms in total. The standard InChI is InChI=1S/C8H15N5O/c1-3-6(9)8(14)12-5(2)7-10-4-11-13-7/h4-6H,3,9H2,1-2H3,(H,12,14)(H,10,11,13). The van der Waals surface area contributed by atoms with Crippen molar-refractivity contribution in [3.05, 3.63) is 12.2 Å². The van der Waals surface area contributed by atoms with Crippen molar-refractivity contribution in [2.75, 3.05) is 0 Å². The number of nitrogens with two attached hydrogens (primary N) is 1. The fourth-order valence-electron chi connectivity index (χ4n) is 0.998. The van der Waals surface area contributed by atoms with Crippen LogP contribution in [0.2, 0.25) is 0 Å². The molecule has 0 aliphatic heterocycles. The van der Waals surface area contributed by atoms with Gasteiger partial charge in [0.1, 0.15) is 12.2 Å². The van der Waals surface area contributed by atoms with Crippen LogP contribution in [0, 0.1) is 0 Å². The quantitative estimate of drug-likeness (QED) is 0.618. The predicted octanol–water partition coefficient (Wildman–Crippen LogP) is -0.281. The topological polar surface area (TPSA) is 96.7 Å². The van der Waals surface area contributed by atoms with E-state index in [4.69, 9.17) is 5.73 Å². The van der Waals surface area contributed by atoms with E-state index in [1.807, 2.05) is 13.8 Å². The normalized spacial score (nSPS) is 14.8. The van der Waals surface area contributed by atoms with Crippen molar-refractivity contribution in [2.24, 2.45) is 5.73 Å². The summed E-state index contributed by atoms with van der Waals surface area (Å²) >= 11 is 0. The van der Waals surface area contributed by atoms with Crippen LogP contribution in [0.3, 0.4) is 0 Å². The number of hydrogen-bond donors (Lipinski definition) is 3. The molecular formula is C8H15N5O. The lowest BCUT2D eigenvalue weighted by atomic mass is 10.2. The summed E-state index contributed by atoms with van der Waals surface area (Å²) in [5.74, 6) is 0.457. The zero-order valence-corrected chi connectivity index (χ0v) is 8.32. The van der Waals surface area contributed by atoms with Gasteiger partial charge in [-0.05, 0) is 13.3 Å². The molecule has 1 aromatic rings. The average molecular weight is 197 g/mol. The minimum Gasteiger partial charge on any atom is -0.345 e. The highest BCUT2D eigenvalue weighted by molar-refractivity contribution is 5.81. The maximum atomic E-state index is 11.4. The molecule has 0 bridgehead atoms. The molecule has 1 aromatic heterocycles. The van der Waals surface area contributed by atoms with Crippen molar-refractivity contribution in [1.82, 2.24) is 20.5 Å². The fraction of sp³-hybridized carbons (Fsp3) is 0.625. The van der Waals surface area contributed by atoms with Gasteiger partial charge in [0.05, 0.1) is 12.1 Å². The maximum Gasteiger partial charge on any atom is 0.237 e. The number of carbonyl (C=O) groups excluding carboxylic acids is 1. The molecule has 0 aromatic carbocycles. The third kappa shape index (κ3) is 2.53. The van der Waals surface area contributed by atoms with Gasteiger partial charge in [0.25, 0.3) is 0 Å². The molecule has 0 saturated heterocycles. The van der Waals surface area contributed by atoms with E-state index in [-0.39, 0.29) is 11.9 Å². The first-order chi connectivity index (χ1) is 6.65. The van der Waals surface area contributed by atoms with E-state index in [0.717, 1.165) is 0 Å². The van der Waals surface area contributed by atoms with Crippen LogP contribution in [-0.2, 0) is 4.79 Å². The zero-order valence-electron chi connectivity index (χ0n) is 8.32. The third-order valence-corrected chi connectivity index (χ3v) is 1.98. The van der Waals surface area contributed by atoms with E-state index in [1.165, 1.54) is 6.33 Å². The first kappa shape index (κ1) is 10.6.